The Hall–Kier alpha value is -3.16. The molecule has 1 aromatic heterocycles. The molecule has 2 aromatic rings. The summed E-state index contributed by atoms with van der Waals surface area (Å²) in [6.07, 6.45) is 2.30. The molecule has 4 rings (SSSR count). The van der Waals surface area contributed by atoms with E-state index in [1.165, 1.54) is 6.92 Å². The van der Waals surface area contributed by atoms with Crippen molar-refractivity contribution in [1.29, 1.82) is 0 Å². The summed E-state index contributed by atoms with van der Waals surface area (Å²) in [6.45, 7) is 4.01. The summed E-state index contributed by atoms with van der Waals surface area (Å²) >= 11 is 0. The number of fused-ring (bicyclic) bond motifs is 1. The van der Waals surface area contributed by atoms with Crippen molar-refractivity contribution in [2.45, 2.75) is 39.3 Å². The van der Waals surface area contributed by atoms with Crippen molar-refractivity contribution in [2.75, 3.05) is 12.4 Å². The van der Waals surface area contributed by atoms with Gasteiger partial charge in [0, 0.05) is 45.2 Å². The van der Waals surface area contributed by atoms with E-state index in [2.05, 4.69) is 22.7 Å². The molecule has 8 nitrogen and oxygen atoms in total. The molecule has 8 heteroatoms. The molecule has 1 aromatic carbocycles. The lowest BCUT2D eigenvalue weighted by Gasteiger charge is -2.24. The highest BCUT2D eigenvalue weighted by atomic mass is 16.2. The Morgan fingerprint density at radius 1 is 1.24 bits per heavy atom. The molecular formula is C21H25N5O3. The zero-order chi connectivity index (χ0) is 20.9. The van der Waals surface area contributed by atoms with Crippen LogP contribution < -0.4 is 10.6 Å². The summed E-state index contributed by atoms with van der Waals surface area (Å²) in [7, 11) is 3.34. The molecule has 0 saturated heterocycles. The highest BCUT2D eigenvalue weighted by molar-refractivity contribution is 6.10. The van der Waals surface area contributed by atoms with Gasteiger partial charge in [0.25, 0.3) is 11.8 Å². The van der Waals surface area contributed by atoms with E-state index in [1.807, 2.05) is 11.0 Å². The lowest BCUT2D eigenvalue weighted by atomic mass is 9.97. The van der Waals surface area contributed by atoms with Gasteiger partial charge in [0.15, 0.2) is 5.82 Å². The maximum Gasteiger partial charge on any atom is 0.255 e. The highest BCUT2D eigenvalue weighted by Gasteiger charge is 2.40. The van der Waals surface area contributed by atoms with Crippen LogP contribution in [0.25, 0.3) is 11.3 Å². The summed E-state index contributed by atoms with van der Waals surface area (Å²) in [5, 5.41) is 9.63. The Balaban J connectivity index is 1.78. The van der Waals surface area contributed by atoms with E-state index in [0.29, 0.717) is 29.4 Å². The zero-order valence-electron chi connectivity index (χ0n) is 17.1. The van der Waals surface area contributed by atoms with Crippen molar-refractivity contribution >= 4 is 23.5 Å². The Kier molecular flexibility index (Phi) is 4.64. The highest BCUT2D eigenvalue weighted by Crippen LogP contribution is 2.40. The molecular weight excluding hydrogens is 370 g/mol. The predicted molar refractivity (Wildman–Crippen MR) is 108 cm³/mol. The molecule has 0 spiro atoms. The van der Waals surface area contributed by atoms with Crippen LogP contribution in [0.1, 0.15) is 53.0 Å². The molecule has 0 radical (unpaired) electrons. The fourth-order valence-electron chi connectivity index (χ4n) is 4.08. The van der Waals surface area contributed by atoms with Gasteiger partial charge in [0.2, 0.25) is 5.91 Å². The summed E-state index contributed by atoms with van der Waals surface area (Å²) in [6, 6.07) is 5.61. The number of hydrogen-bond donors (Lipinski definition) is 2. The molecule has 1 aliphatic heterocycles. The average Bonchev–Trinajstić information content (AvgIpc) is 3.39. The van der Waals surface area contributed by atoms with Crippen LogP contribution in [0.5, 0.6) is 0 Å². The topological polar surface area (TPSA) is 96.3 Å². The zero-order valence-corrected chi connectivity index (χ0v) is 17.1. The van der Waals surface area contributed by atoms with Crippen molar-refractivity contribution in [1.82, 2.24) is 20.0 Å². The van der Waals surface area contributed by atoms with Gasteiger partial charge in [-0.25, -0.2) is 0 Å². The molecule has 2 N–H and O–H groups in total. The third-order valence-corrected chi connectivity index (χ3v) is 5.78. The molecule has 152 valence electrons. The molecule has 2 aliphatic rings. The van der Waals surface area contributed by atoms with Crippen LogP contribution in [0.15, 0.2) is 18.2 Å². The normalized spacial score (nSPS) is 16.6. The van der Waals surface area contributed by atoms with Gasteiger partial charge in [-0.1, -0.05) is 0 Å². The number of amides is 3. The number of carbonyl (C=O) groups is 3. The van der Waals surface area contributed by atoms with E-state index in [1.54, 1.807) is 30.9 Å². The largest absolute Gasteiger partial charge is 0.355 e. The predicted octanol–water partition coefficient (Wildman–Crippen LogP) is 2.16. The number of benzene rings is 1. The second-order valence-electron chi connectivity index (χ2n) is 7.87. The van der Waals surface area contributed by atoms with Crippen LogP contribution in [-0.2, 0) is 18.4 Å². The monoisotopic (exact) mass is 395 g/mol. The maximum absolute atomic E-state index is 13.1. The third kappa shape index (κ3) is 3.39. The molecule has 0 unspecified atom stereocenters. The first-order valence-corrected chi connectivity index (χ1v) is 9.82. The maximum atomic E-state index is 13.1. The molecule has 29 heavy (non-hydrogen) atoms. The van der Waals surface area contributed by atoms with E-state index < -0.39 is 0 Å². The van der Waals surface area contributed by atoms with E-state index in [0.717, 1.165) is 29.7 Å². The smallest absolute Gasteiger partial charge is 0.255 e. The lowest BCUT2D eigenvalue weighted by Crippen LogP contribution is -2.35. The minimum Gasteiger partial charge on any atom is -0.355 e. The van der Waals surface area contributed by atoms with Gasteiger partial charge >= 0.3 is 0 Å². The Bertz CT molecular complexity index is 1020. The molecule has 2 heterocycles. The van der Waals surface area contributed by atoms with E-state index in [9.17, 15) is 14.4 Å². The van der Waals surface area contributed by atoms with Crippen LogP contribution in [-0.4, -0.2) is 45.5 Å². The molecule has 1 saturated carbocycles. The van der Waals surface area contributed by atoms with Crippen LogP contribution in [0, 0.1) is 5.92 Å². The fourth-order valence-corrected chi connectivity index (χ4v) is 4.08. The van der Waals surface area contributed by atoms with Crippen LogP contribution >= 0.6 is 0 Å². The minimum absolute atomic E-state index is 0.0755. The Morgan fingerprint density at radius 2 is 1.97 bits per heavy atom. The van der Waals surface area contributed by atoms with E-state index in [4.69, 9.17) is 0 Å². The van der Waals surface area contributed by atoms with Crippen molar-refractivity contribution < 1.29 is 14.4 Å². The van der Waals surface area contributed by atoms with Crippen molar-refractivity contribution in [3.05, 3.63) is 34.9 Å². The standard InChI is InChI=1S/C21H25N5O3/c1-11(13-5-6-13)26-10-15-7-14(8-16(20(28)22-3)19(15)21(26)29)17-9-18(23-12(2)27)24-25(17)4/h7-9,11,13H,5-6,10H2,1-4H3,(H,22,28)(H,23,24,27)/t11-/m0/s1. The minimum atomic E-state index is -0.290. The van der Waals surface area contributed by atoms with Gasteiger partial charge in [-0.05, 0) is 43.4 Å². The van der Waals surface area contributed by atoms with E-state index >= 15 is 0 Å². The lowest BCUT2D eigenvalue weighted by molar-refractivity contribution is -0.114. The summed E-state index contributed by atoms with van der Waals surface area (Å²) < 4.78 is 1.65. The van der Waals surface area contributed by atoms with Gasteiger partial charge < -0.3 is 15.5 Å². The summed E-state index contributed by atoms with van der Waals surface area (Å²) in [5.41, 5.74) is 3.24. The number of nitrogens with one attached hydrogen (secondary N) is 2. The quantitative estimate of drug-likeness (QED) is 0.811. The first kappa shape index (κ1) is 19.2. The van der Waals surface area contributed by atoms with Gasteiger partial charge in [-0.3, -0.25) is 19.1 Å². The first-order valence-electron chi connectivity index (χ1n) is 9.82. The molecule has 1 fully saturated rings. The van der Waals surface area contributed by atoms with Crippen molar-refractivity contribution in [3.8, 4) is 11.3 Å². The second-order valence-corrected chi connectivity index (χ2v) is 7.87. The summed E-state index contributed by atoms with van der Waals surface area (Å²) in [4.78, 5) is 39.0. The van der Waals surface area contributed by atoms with Crippen molar-refractivity contribution in [2.24, 2.45) is 13.0 Å². The molecule has 1 atom stereocenters. The number of carbonyl (C=O) groups excluding carboxylic acids is 3. The molecule has 1 aliphatic carbocycles. The number of aromatic nitrogens is 2. The number of rotatable bonds is 5. The van der Waals surface area contributed by atoms with Gasteiger partial charge in [-0.2, -0.15) is 5.10 Å². The Morgan fingerprint density at radius 3 is 2.59 bits per heavy atom. The second kappa shape index (κ2) is 7.02. The number of nitrogens with zero attached hydrogens (tertiary/aromatic N) is 3. The third-order valence-electron chi connectivity index (χ3n) is 5.78. The Labute approximate surface area is 169 Å². The van der Waals surface area contributed by atoms with E-state index in [-0.39, 0.29) is 23.8 Å². The van der Waals surface area contributed by atoms with Gasteiger partial charge in [0.05, 0.1) is 16.8 Å². The first-order chi connectivity index (χ1) is 13.8. The number of aryl methyl sites for hydroxylation is 1. The van der Waals surface area contributed by atoms with Crippen LogP contribution in [0.3, 0.4) is 0 Å². The number of hydrogen-bond acceptors (Lipinski definition) is 4. The van der Waals surface area contributed by atoms with Crippen molar-refractivity contribution in [3.63, 3.8) is 0 Å². The summed E-state index contributed by atoms with van der Waals surface area (Å²) in [5.74, 6) is 0.422. The van der Waals surface area contributed by atoms with Crippen LogP contribution in [0.2, 0.25) is 0 Å². The van der Waals surface area contributed by atoms with Crippen LogP contribution in [0.4, 0.5) is 5.82 Å². The average molecular weight is 395 g/mol. The van der Waals surface area contributed by atoms with Gasteiger partial charge in [-0.15, -0.1) is 0 Å². The fraction of sp³-hybridized carbons (Fsp3) is 0.429. The SMILES string of the molecule is CNC(=O)c1cc(-c2cc(NC(C)=O)nn2C)cc2c1C(=O)N([C@@H](C)C1CC1)C2. The number of anilines is 1. The molecule has 0 bridgehead atoms. The molecule has 3 amide bonds. The van der Waals surface area contributed by atoms with Gasteiger partial charge in [0.1, 0.15) is 0 Å².